The third-order valence-corrected chi connectivity index (χ3v) is 7.51. The lowest BCUT2D eigenvalue weighted by atomic mass is 9.73. The van der Waals surface area contributed by atoms with Crippen LogP contribution in [0.25, 0.3) is 0 Å². The van der Waals surface area contributed by atoms with Gasteiger partial charge in [-0.3, -0.25) is 13.8 Å². The van der Waals surface area contributed by atoms with Gasteiger partial charge in [-0.2, -0.15) is 0 Å². The van der Waals surface area contributed by atoms with Gasteiger partial charge in [-0.1, -0.05) is 43.6 Å². The molecule has 0 amide bonds. The highest BCUT2D eigenvalue weighted by atomic mass is 31.2. The molecule has 0 aliphatic heterocycles. The molecule has 1 unspecified atom stereocenters. The number of carbonyl (C=O) groups is 1. The minimum Gasteiger partial charge on any atom is -0.507 e. The number of aryl methyl sites for hydroxylation is 1. The predicted molar refractivity (Wildman–Crippen MR) is 142 cm³/mol. The van der Waals surface area contributed by atoms with Crippen LogP contribution in [-0.4, -0.2) is 28.7 Å². The summed E-state index contributed by atoms with van der Waals surface area (Å²) in [5, 5.41) is 11.1. The number of unbranched alkanes of at least 4 members (excludes halogenated alkanes) is 2. The maximum absolute atomic E-state index is 12.8. The third kappa shape index (κ3) is 9.51. The summed E-state index contributed by atoms with van der Waals surface area (Å²) in [7, 11) is -4.15. The number of hydrogen-bond donors (Lipinski definition) is 2. The van der Waals surface area contributed by atoms with E-state index in [0.717, 1.165) is 49.7 Å². The Hall–Kier alpha value is -1.92. The van der Waals surface area contributed by atoms with Crippen LogP contribution in [0.3, 0.4) is 0 Å². The lowest BCUT2D eigenvalue weighted by molar-refractivity contribution is -0.134. The number of aromatic hydroxyl groups is 1. The molecule has 1 aromatic carbocycles. The molecule has 0 heterocycles. The number of ether oxygens (including phenoxy) is 1. The van der Waals surface area contributed by atoms with Gasteiger partial charge >= 0.3 is 13.8 Å². The fourth-order valence-electron chi connectivity index (χ4n) is 4.58. The summed E-state index contributed by atoms with van der Waals surface area (Å²) in [6, 6.07) is 3.65. The summed E-state index contributed by atoms with van der Waals surface area (Å²) in [5.41, 5.74) is 3.79. The standard InChI is InChI=1S/C28H43O7P/c1-7-8-9-11-22-17-25(29)28(24-16-21(6)13-14-23(24)19(2)3)26(18-22)34-27(30)12-10-15-33-36(31,32)35-20(4)5/h16-18,20,23-24,29H,2,7-15H2,1,3-6H3,(H,31,32)/t23-,24+/m0/s1. The van der Waals surface area contributed by atoms with Crippen molar-refractivity contribution < 1.29 is 33.1 Å². The van der Waals surface area contributed by atoms with E-state index in [9.17, 15) is 19.4 Å². The van der Waals surface area contributed by atoms with Crippen molar-refractivity contribution in [3.05, 3.63) is 47.1 Å². The highest BCUT2D eigenvalue weighted by Crippen LogP contribution is 2.47. The third-order valence-electron chi connectivity index (χ3n) is 6.31. The second-order valence-electron chi connectivity index (χ2n) is 10.0. The molecule has 0 aromatic heterocycles. The summed E-state index contributed by atoms with van der Waals surface area (Å²) in [4.78, 5) is 22.4. The minimum atomic E-state index is -4.15. The molecule has 0 spiro atoms. The van der Waals surface area contributed by atoms with Gasteiger partial charge in [-0.15, -0.1) is 0 Å². The van der Waals surface area contributed by atoms with Crippen molar-refractivity contribution in [2.45, 2.75) is 98.0 Å². The Morgan fingerprint density at radius 1 is 1.25 bits per heavy atom. The summed E-state index contributed by atoms with van der Waals surface area (Å²) in [6.07, 6.45) is 7.69. The minimum absolute atomic E-state index is 0.00854. The molecule has 0 bridgehead atoms. The number of phenols is 1. The van der Waals surface area contributed by atoms with Gasteiger partial charge in [0.15, 0.2) is 0 Å². The van der Waals surface area contributed by atoms with Gasteiger partial charge in [0.25, 0.3) is 0 Å². The van der Waals surface area contributed by atoms with E-state index in [2.05, 4.69) is 26.5 Å². The predicted octanol–water partition coefficient (Wildman–Crippen LogP) is 7.37. The molecule has 8 heteroatoms. The second kappa shape index (κ2) is 14.1. The fraction of sp³-hybridized carbons (Fsp3) is 0.607. The van der Waals surface area contributed by atoms with Crippen LogP contribution in [0, 0.1) is 5.92 Å². The number of phosphoric ester groups is 1. The Bertz CT molecular complexity index is 982. The molecule has 0 saturated heterocycles. The molecule has 2 rings (SSSR count). The van der Waals surface area contributed by atoms with E-state index in [1.54, 1.807) is 19.9 Å². The molecule has 0 saturated carbocycles. The van der Waals surface area contributed by atoms with E-state index < -0.39 is 19.9 Å². The van der Waals surface area contributed by atoms with E-state index in [-0.39, 0.29) is 37.0 Å². The Kier molecular flexibility index (Phi) is 11.9. The van der Waals surface area contributed by atoms with Gasteiger partial charge in [0.05, 0.1) is 12.7 Å². The smallest absolute Gasteiger partial charge is 0.472 e. The Morgan fingerprint density at radius 3 is 2.61 bits per heavy atom. The molecule has 202 valence electrons. The maximum Gasteiger partial charge on any atom is 0.472 e. The molecule has 1 aliphatic carbocycles. The average Bonchev–Trinajstić information content (AvgIpc) is 2.75. The Morgan fingerprint density at radius 2 is 1.97 bits per heavy atom. The van der Waals surface area contributed by atoms with E-state index >= 15 is 0 Å². The number of benzene rings is 1. The van der Waals surface area contributed by atoms with Crippen molar-refractivity contribution >= 4 is 13.8 Å². The van der Waals surface area contributed by atoms with Crippen LogP contribution in [-0.2, 0) is 24.8 Å². The van der Waals surface area contributed by atoms with Crippen molar-refractivity contribution in [2.24, 2.45) is 5.92 Å². The zero-order valence-electron chi connectivity index (χ0n) is 22.4. The number of allylic oxidation sites excluding steroid dienone is 3. The first-order chi connectivity index (χ1) is 16.9. The monoisotopic (exact) mass is 522 g/mol. The Labute approximate surface area is 216 Å². The lowest BCUT2D eigenvalue weighted by Crippen LogP contribution is -2.19. The van der Waals surface area contributed by atoms with Crippen molar-refractivity contribution in [3.8, 4) is 11.5 Å². The number of esters is 1. The molecule has 0 radical (unpaired) electrons. The summed E-state index contributed by atoms with van der Waals surface area (Å²) >= 11 is 0. The van der Waals surface area contributed by atoms with Crippen molar-refractivity contribution in [1.29, 1.82) is 0 Å². The van der Waals surface area contributed by atoms with Gasteiger partial charge < -0.3 is 14.7 Å². The van der Waals surface area contributed by atoms with Crippen LogP contribution in [0.1, 0.15) is 96.6 Å². The summed E-state index contributed by atoms with van der Waals surface area (Å²) < 4.78 is 27.4. The van der Waals surface area contributed by atoms with E-state index in [1.807, 2.05) is 13.0 Å². The maximum atomic E-state index is 12.8. The first-order valence-corrected chi connectivity index (χ1v) is 14.5. The number of rotatable bonds is 14. The molecular formula is C28H43O7P. The van der Waals surface area contributed by atoms with Gasteiger partial charge in [0, 0.05) is 17.9 Å². The Balaban J connectivity index is 2.23. The fourth-order valence-corrected chi connectivity index (χ4v) is 5.54. The largest absolute Gasteiger partial charge is 0.507 e. The topological polar surface area (TPSA) is 102 Å². The van der Waals surface area contributed by atoms with Crippen LogP contribution in [0.15, 0.2) is 35.9 Å². The van der Waals surface area contributed by atoms with Crippen LogP contribution in [0.5, 0.6) is 11.5 Å². The second-order valence-corrected chi connectivity index (χ2v) is 11.5. The van der Waals surface area contributed by atoms with Crippen molar-refractivity contribution in [2.75, 3.05) is 6.61 Å². The molecular weight excluding hydrogens is 479 g/mol. The average molecular weight is 523 g/mol. The van der Waals surface area contributed by atoms with Gasteiger partial charge in [-0.25, -0.2) is 4.57 Å². The first kappa shape index (κ1) is 30.3. The summed E-state index contributed by atoms with van der Waals surface area (Å²) in [5.74, 6) is -0.00237. The normalized spacial score (nSPS) is 19.6. The highest BCUT2D eigenvalue weighted by molar-refractivity contribution is 7.47. The quantitative estimate of drug-likeness (QED) is 0.0864. The molecule has 0 fully saturated rings. The number of carbonyl (C=O) groups excluding carboxylic acids is 1. The van der Waals surface area contributed by atoms with Crippen LogP contribution < -0.4 is 4.74 Å². The van der Waals surface area contributed by atoms with E-state index in [4.69, 9.17) is 13.8 Å². The number of phosphoric acid groups is 1. The molecule has 7 nitrogen and oxygen atoms in total. The first-order valence-electron chi connectivity index (χ1n) is 13.0. The molecule has 1 aliphatic rings. The van der Waals surface area contributed by atoms with Crippen molar-refractivity contribution in [1.82, 2.24) is 0 Å². The number of phenolic OH excluding ortho intramolecular Hbond substituents is 1. The van der Waals surface area contributed by atoms with E-state index in [0.29, 0.717) is 11.3 Å². The molecule has 3 atom stereocenters. The van der Waals surface area contributed by atoms with Crippen LogP contribution >= 0.6 is 7.82 Å². The van der Waals surface area contributed by atoms with Gasteiger partial charge in [0.2, 0.25) is 0 Å². The number of hydrogen-bond acceptors (Lipinski definition) is 6. The van der Waals surface area contributed by atoms with Crippen LogP contribution in [0.4, 0.5) is 0 Å². The molecule has 1 aromatic rings. The molecule has 36 heavy (non-hydrogen) atoms. The van der Waals surface area contributed by atoms with Gasteiger partial charge in [-0.05, 0) is 83.4 Å². The van der Waals surface area contributed by atoms with Crippen LogP contribution in [0.2, 0.25) is 0 Å². The summed E-state index contributed by atoms with van der Waals surface area (Å²) in [6.45, 7) is 13.5. The lowest BCUT2D eigenvalue weighted by Gasteiger charge is -2.32. The molecule has 2 N–H and O–H groups in total. The van der Waals surface area contributed by atoms with Gasteiger partial charge in [0.1, 0.15) is 11.5 Å². The zero-order valence-corrected chi connectivity index (χ0v) is 23.3. The highest BCUT2D eigenvalue weighted by Gasteiger charge is 2.31. The zero-order chi connectivity index (χ0) is 26.9. The van der Waals surface area contributed by atoms with Crippen molar-refractivity contribution in [3.63, 3.8) is 0 Å². The van der Waals surface area contributed by atoms with E-state index in [1.165, 1.54) is 5.57 Å². The SMILES string of the molecule is C=C(C)[C@@H]1CCC(C)=C[C@H]1c1c(O)cc(CCCCC)cc1OC(=O)CCCOP(=O)(O)OC(C)C.